The highest BCUT2D eigenvalue weighted by Gasteiger charge is 2.31. The minimum Gasteiger partial charge on any atom is -0.462 e. The van der Waals surface area contributed by atoms with Gasteiger partial charge in [-0.1, -0.05) is 433 Å². The maximum absolute atomic E-state index is 13.2. The van der Waals surface area contributed by atoms with E-state index in [1.165, 1.54) is 302 Å². The molecule has 3 N–H and O–H groups in total. The number of unbranched alkanes of at least 4 members (excludes halogenated alkanes) is 58. The van der Waals surface area contributed by atoms with Gasteiger partial charge in [0, 0.05) is 25.7 Å². The molecule has 0 fully saturated rings. The fourth-order valence-corrected chi connectivity index (χ4v) is 15.7. The van der Waals surface area contributed by atoms with E-state index in [1.807, 2.05) is 0 Å². The average molecular weight is 1590 g/mol. The zero-order chi connectivity index (χ0) is 79.9. The zero-order valence-corrected chi connectivity index (χ0v) is 73.7. The summed E-state index contributed by atoms with van der Waals surface area (Å²) in [7, 11) is -9.93. The lowest BCUT2D eigenvalue weighted by Crippen LogP contribution is -2.30. The molecule has 0 spiro atoms. The molecule has 3 unspecified atom stereocenters. The second kappa shape index (κ2) is 81.2. The molecular weight excluding hydrogens is 1410 g/mol. The van der Waals surface area contributed by atoms with E-state index in [1.54, 1.807) is 0 Å². The summed E-state index contributed by atoms with van der Waals surface area (Å²) in [6, 6.07) is 0. The number of esters is 4. The van der Waals surface area contributed by atoms with E-state index in [2.05, 4.69) is 41.5 Å². The first-order valence-electron chi connectivity index (χ1n) is 46.5. The Hall–Kier alpha value is -1.94. The maximum Gasteiger partial charge on any atom is 0.472 e. The van der Waals surface area contributed by atoms with Crippen LogP contribution in [-0.2, 0) is 65.4 Å². The van der Waals surface area contributed by atoms with Gasteiger partial charge < -0.3 is 33.8 Å². The van der Waals surface area contributed by atoms with Crippen LogP contribution in [0.1, 0.15) is 485 Å². The second-order valence-corrected chi connectivity index (χ2v) is 36.0. The lowest BCUT2D eigenvalue weighted by Gasteiger charge is -2.21. The van der Waals surface area contributed by atoms with Gasteiger partial charge in [0.2, 0.25) is 0 Å². The predicted octanol–water partition coefficient (Wildman–Crippen LogP) is 27.8. The third-order valence-electron chi connectivity index (χ3n) is 21.6. The molecule has 0 aromatic heterocycles. The standard InChI is InChI=1S/C90H176O17P2/c1-7-10-12-14-16-18-20-22-23-24-25-26-27-32-38-44-50-56-62-68-74-89(94)107-86(79-101-88(93)73-67-61-55-49-43-37-31-29-28-30-35-40-46-52-58-64-70-82(4)5)81-105-109(98,99)103-77-84(91)76-102-108(96,97)104-80-85(78-100-87(92)72-66-60-54-48-42-21-19-17-15-13-11-8-2)106-90(95)75-69-63-57-51-45-39-34-33-36-41-47-53-59-65-71-83(6)9-3/h82-86,91H,7-81H2,1-6H3,(H,96,97)(H,98,99)/t83?,84-,85+,86+/m0/s1. The molecule has 0 saturated carbocycles. The zero-order valence-electron chi connectivity index (χ0n) is 71.9. The molecular formula is C90H176O17P2. The van der Waals surface area contributed by atoms with Crippen molar-refractivity contribution in [2.45, 2.75) is 503 Å². The molecule has 17 nitrogen and oxygen atoms in total. The average Bonchev–Trinajstić information content (AvgIpc) is 0.915. The number of carbonyl (C=O) groups is 4. The fourth-order valence-electron chi connectivity index (χ4n) is 14.1. The van der Waals surface area contributed by atoms with Crippen molar-refractivity contribution in [3.8, 4) is 0 Å². The van der Waals surface area contributed by atoms with Gasteiger partial charge >= 0.3 is 39.5 Å². The molecule has 0 saturated heterocycles. The number of phosphoric acid groups is 2. The second-order valence-electron chi connectivity index (χ2n) is 33.1. The largest absolute Gasteiger partial charge is 0.472 e. The van der Waals surface area contributed by atoms with Crippen molar-refractivity contribution in [3.63, 3.8) is 0 Å². The SMILES string of the molecule is CCCCCCCCCCCCCCCCCCCCCCC(=O)O[C@H](COC(=O)CCCCCCCCCCCCCCCCCCC(C)C)COP(=O)(O)OC[C@@H](O)COP(=O)(O)OC[C@@H](COC(=O)CCCCCCCCCCCCCC)OC(=O)CCCCCCCCCCCCCCCCC(C)CC. The van der Waals surface area contributed by atoms with Gasteiger partial charge in [-0.2, -0.15) is 0 Å². The van der Waals surface area contributed by atoms with Gasteiger partial charge in [-0.25, -0.2) is 9.13 Å². The number of hydrogen-bond acceptors (Lipinski definition) is 15. The summed E-state index contributed by atoms with van der Waals surface area (Å²) in [5, 5.41) is 10.7. The summed E-state index contributed by atoms with van der Waals surface area (Å²) >= 11 is 0. The van der Waals surface area contributed by atoms with Crippen molar-refractivity contribution in [1.29, 1.82) is 0 Å². The van der Waals surface area contributed by atoms with E-state index < -0.39 is 97.5 Å². The Bertz CT molecular complexity index is 2080. The number of rotatable bonds is 89. The van der Waals surface area contributed by atoms with Crippen LogP contribution in [0.2, 0.25) is 0 Å². The first-order chi connectivity index (χ1) is 52.9. The molecule has 0 aromatic rings. The van der Waals surface area contributed by atoms with E-state index in [9.17, 15) is 43.2 Å². The molecule has 19 heteroatoms. The van der Waals surface area contributed by atoms with Crippen LogP contribution in [0.15, 0.2) is 0 Å². The molecule has 0 aromatic carbocycles. The summed E-state index contributed by atoms with van der Waals surface area (Å²) in [5.74, 6) is -0.436. The van der Waals surface area contributed by atoms with Gasteiger partial charge in [-0.15, -0.1) is 0 Å². The van der Waals surface area contributed by atoms with E-state index in [4.69, 9.17) is 37.0 Å². The maximum atomic E-state index is 13.2. The summed E-state index contributed by atoms with van der Waals surface area (Å²) in [6.45, 7) is 9.79. The highest BCUT2D eigenvalue weighted by Crippen LogP contribution is 2.45. The van der Waals surface area contributed by atoms with Crippen molar-refractivity contribution in [2.75, 3.05) is 39.6 Å². The Morgan fingerprint density at radius 1 is 0.266 bits per heavy atom. The Balaban J connectivity index is 5.25. The molecule has 109 heavy (non-hydrogen) atoms. The summed E-state index contributed by atoms with van der Waals surface area (Å²) < 4.78 is 69.1. The first-order valence-corrected chi connectivity index (χ1v) is 49.5. The fraction of sp³-hybridized carbons (Fsp3) is 0.956. The normalized spacial score (nSPS) is 14.0. The third-order valence-corrected chi connectivity index (χ3v) is 23.5. The highest BCUT2D eigenvalue weighted by molar-refractivity contribution is 7.47. The minimum atomic E-state index is -4.97. The number of ether oxygens (including phenoxy) is 4. The third kappa shape index (κ3) is 82.4. The van der Waals surface area contributed by atoms with Crippen LogP contribution in [0, 0.1) is 11.8 Å². The van der Waals surface area contributed by atoms with Crippen LogP contribution in [0.3, 0.4) is 0 Å². The predicted molar refractivity (Wildman–Crippen MR) is 451 cm³/mol. The van der Waals surface area contributed by atoms with Crippen molar-refractivity contribution >= 4 is 39.5 Å². The van der Waals surface area contributed by atoms with Crippen molar-refractivity contribution in [3.05, 3.63) is 0 Å². The van der Waals surface area contributed by atoms with Crippen LogP contribution in [0.5, 0.6) is 0 Å². The molecule has 0 amide bonds. The Labute approximate surface area is 670 Å². The molecule has 0 aliphatic carbocycles. The van der Waals surface area contributed by atoms with Gasteiger partial charge in [-0.05, 0) is 37.5 Å². The van der Waals surface area contributed by atoms with Crippen LogP contribution < -0.4 is 0 Å². The summed E-state index contributed by atoms with van der Waals surface area (Å²) in [6.07, 6.45) is 74.9. The summed E-state index contributed by atoms with van der Waals surface area (Å²) in [4.78, 5) is 73.4. The van der Waals surface area contributed by atoms with Crippen LogP contribution >= 0.6 is 15.6 Å². The summed E-state index contributed by atoms with van der Waals surface area (Å²) in [5.41, 5.74) is 0. The van der Waals surface area contributed by atoms with E-state index in [-0.39, 0.29) is 25.7 Å². The Morgan fingerprint density at radius 3 is 0.697 bits per heavy atom. The van der Waals surface area contributed by atoms with Gasteiger partial charge in [0.15, 0.2) is 12.2 Å². The van der Waals surface area contributed by atoms with Gasteiger partial charge in [0.05, 0.1) is 26.4 Å². The number of phosphoric ester groups is 2. The van der Waals surface area contributed by atoms with Crippen molar-refractivity contribution in [1.82, 2.24) is 0 Å². The van der Waals surface area contributed by atoms with Gasteiger partial charge in [0.1, 0.15) is 19.3 Å². The number of carbonyl (C=O) groups excluding carboxylic acids is 4. The minimum absolute atomic E-state index is 0.108. The molecule has 0 heterocycles. The van der Waals surface area contributed by atoms with Gasteiger partial charge in [-0.3, -0.25) is 37.3 Å². The molecule has 0 aliphatic heterocycles. The van der Waals surface area contributed by atoms with Gasteiger partial charge in [0.25, 0.3) is 0 Å². The van der Waals surface area contributed by atoms with Crippen LogP contribution in [0.4, 0.5) is 0 Å². The molecule has 0 rings (SSSR count). The first kappa shape index (κ1) is 107. The quantitative estimate of drug-likeness (QED) is 0.0222. The topological polar surface area (TPSA) is 237 Å². The highest BCUT2D eigenvalue weighted by atomic mass is 31.2. The lowest BCUT2D eigenvalue weighted by atomic mass is 9.99. The molecule has 0 radical (unpaired) electrons. The number of hydrogen-bond donors (Lipinski definition) is 3. The van der Waals surface area contributed by atoms with E-state index >= 15 is 0 Å². The van der Waals surface area contributed by atoms with Crippen LogP contribution in [0.25, 0.3) is 0 Å². The van der Waals surface area contributed by atoms with E-state index in [0.717, 1.165) is 102 Å². The van der Waals surface area contributed by atoms with Crippen molar-refractivity contribution < 1.29 is 80.2 Å². The molecule has 0 bridgehead atoms. The van der Waals surface area contributed by atoms with Crippen molar-refractivity contribution in [2.24, 2.45) is 11.8 Å². The molecule has 648 valence electrons. The Morgan fingerprint density at radius 2 is 0.468 bits per heavy atom. The molecule has 0 aliphatic rings. The number of aliphatic hydroxyl groups excluding tert-OH is 1. The smallest absolute Gasteiger partial charge is 0.462 e. The number of aliphatic hydroxyl groups is 1. The van der Waals surface area contributed by atoms with E-state index in [0.29, 0.717) is 25.7 Å². The lowest BCUT2D eigenvalue weighted by molar-refractivity contribution is -0.161. The monoisotopic (exact) mass is 1590 g/mol. The molecule has 6 atom stereocenters. The van der Waals surface area contributed by atoms with Crippen LogP contribution in [-0.4, -0.2) is 96.7 Å². The Kier molecular flexibility index (Phi) is 79.8.